The number of benzene rings is 1. The number of ketones is 1. The van der Waals surface area contributed by atoms with Crippen molar-refractivity contribution >= 4 is 40.7 Å². The van der Waals surface area contributed by atoms with Crippen LogP contribution >= 0.6 is 11.6 Å². The first-order valence-electron chi connectivity index (χ1n) is 4.86. The summed E-state index contributed by atoms with van der Waals surface area (Å²) >= 11 is 5.70. The van der Waals surface area contributed by atoms with Gasteiger partial charge in [-0.05, 0) is 24.3 Å². The average Bonchev–Trinajstić information content (AvgIpc) is 2.67. The summed E-state index contributed by atoms with van der Waals surface area (Å²) in [5.41, 5.74) is -0.186. The number of ether oxygens (including phenoxy) is 1. The third-order valence-corrected chi connectivity index (χ3v) is 2.50. The van der Waals surface area contributed by atoms with Gasteiger partial charge in [0.1, 0.15) is 0 Å². The lowest BCUT2D eigenvalue weighted by molar-refractivity contribution is -0.135. The third kappa shape index (κ3) is 1.98. The monoisotopic (exact) mass is 266 g/mol. The summed E-state index contributed by atoms with van der Waals surface area (Å²) in [5, 5.41) is 4.97. The third-order valence-electron chi connectivity index (χ3n) is 2.25. The molecule has 0 N–H and O–H groups in total. The topological polar surface area (TPSA) is 76.0 Å². The van der Waals surface area contributed by atoms with Crippen LogP contribution in [0.5, 0.6) is 0 Å². The lowest BCUT2D eigenvalue weighted by Crippen LogP contribution is -2.30. The smallest absolute Gasteiger partial charge is 0.362 e. The molecule has 0 aliphatic carbocycles. The SMILES string of the molecule is COC(=O)C1=NN(c2ccc(Cl)cc2)C(=O)C1=O. The van der Waals surface area contributed by atoms with Gasteiger partial charge in [0.25, 0.3) is 5.78 Å². The highest BCUT2D eigenvalue weighted by Gasteiger charge is 2.39. The number of halogens is 1. The van der Waals surface area contributed by atoms with Crippen LogP contribution in [0.25, 0.3) is 0 Å². The van der Waals surface area contributed by atoms with Crippen LogP contribution in [-0.2, 0) is 19.1 Å². The molecule has 0 spiro atoms. The number of hydrazone groups is 1. The largest absolute Gasteiger partial charge is 0.464 e. The van der Waals surface area contributed by atoms with E-state index in [4.69, 9.17) is 11.6 Å². The van der Waals surface area contributed by atoms with Crippen molar-refractivity contribution in [1.29, 1.82) is 0 Å². The van der Waals surface area contributed by atoms with Gasteiger partial charge in [0.05, 0.1) is 12.8 Å². The van der Waals surface area contributed by atoms with Gasteiger partial charge in [-0.3, -0.25) is 9.59 Å². The zero-order chi connectivity index (χ0) is 13.3. The number of carbonyl (C=O) groups is 3. The standard InChI is InChI=1S/C11H7ClN2O4/c1-18-11(17)8-9(15)10(16)14(13-8)7-4-2-6(12)3-5-7/h2-5H,1H3. The molecule has 0 radical (unpaired) electrons. The lowest BCUT2D eigenvalue weighted by atomic mass is 10.2. The zero-order valence-corrected chi connectivity index (χ0v) is 9.97. The van der Waals surface area contributed by atoms with Crippen LogP contribution in [-0.4, -0.2) is 30.5 Å². The number of carbonyl (C=O) groups excluding carboxylic acids is 3. The molecule has 7 heteroatoms. The first-order valence-corrected chi connectivity index (χ1v) is 5.23. The molecule has 1 aliphatic rings. The fraction of sp³-hybridized carbons (Fsp3) is 0.0909. The summed E-state index contributed by atoms with van der Waals surface area (Å²) in [6.07, 6.45) is 0. The molecule has 0 unspecified atom stereocenters. The Kier molecular flexibility index (Phi) is 3.12. The highest BCUT2D eigenvalue weighted by molar-refractivity contribution is 6.81. The Morgan fingerprint density at radius 2 is 1.89 bits per heavy atom. The van der Waals surface area contributed by atoms with E-state index in [0.29, 0.717) is 10.7 Å². The average molecular weight is 267 g/mol. The quantitative estimate of drug-likeness (QED) is 0.586. The highest BCUT2D eigenvalue weighted by atomic mass is 35.5. The molecule has 18 heavy (non-hydrogen) atoms. The summed E-state index contributed by atoms with van der Waals surface area (Å²) in [6.45, 7) is 0. The van der Waals surface area contributed by atoms with Crippen molar-refractivity contribution in [3.8, 4) is 0 Å². The Hall–Kier alpha value is -2.21. The molecule has 1 aromatic rings. The molecule has 0 saturated carbocycles. The Morgan fingerprint density at radius 3 is 2.44 bits per heavy atom. The number of hydrogen-bond acceptors (Lipinski definition) is 5. The highest BCUT2D eigenvalue weighted by Crippen LogP contribution is 2.21. The van der Waals surface area contributed by atoms with Crippen molar-refractivity contribution in [2.75, 3.05) is 12.1 Å². The van der Waals surface area contributed by atoms with Crippen molar-refractivity contribution in [1.82, 2.24) is 0 Å². The van der Waals surface area contributed by atoms with Gasteiger partial charge in [0, 0.05) is 5.02 Å². The summed E-state index contributed by atoms with van der Waals surface area (Å²) in [6, 6.07) is 6.11. The van der Waals surface area contributed by atoms with Crippen molar-refractivity contribution in [2.24, 2.45) is 5.10 Å². The summed E-state index contributed by atoms with van der Waals surface area (Å²) in [7, 11) is 1.10. The van der Waals surface area contributed by atoms with Crippen LogP contribution in [0, 0.1) is 0 Å². The van der Waals surface area contributed by atoms with Crippen molar-refractivity contribution in [2.45, 2.75) is 0 Å². The summed E-state index contributed by atoms with van der Waals surface area (Å²) < 4.78 is 4.37. The molecule has 1 amide bonds. The number of esters is 1. The lowest BCUT2D eigenvalue weighted by Gasteiger charge is -2.09. The number of anilines is 1. The first kappa shape index (κ1) is 12.3. The molecule has 1 aromatic carbocycles. The Bertz CT molecular complexity index is 565. The summed E-state index contributed by atoms with van der Waals surface area (Å²) in [4.78, 5) is 34.4. The van der Waals surface area contributed by atoms with Gasteiger partial charge in [0.15, 0.2) is 0 Å². The van der Waals surface area contributed by atoms with E-state index in [2.05, 4.69) is 9.84 Å². The summed E-state index contributed by atoms with van der Waals surface area (Å²) in [5.74, 6) is -2.83. The number of methoxy groups -OCH3 is 1. The van der Waals surface area contributed by atoms with Crippen LogP contribution in [0.3, 0.4) is 0 Å². The van der Waals surface area contributed by atoms with Crippen LogP contribution in [0.2, 0.25) is 5.02 Å². The number of rotatable bonds is 2. The van der Waals surface area contributed by atoms with Gasteiger partial charge in [-0.25, -0.2) is 4.79 Å². The molecular weight excluding hydrogens is 260 g/mol. The second-order valence-electron chi connectivity index (χ2n) is 3.36. The molecule has 0 atom stereocenters. The molecule has 1 aliphatic heterocycles. The predicted octanol–water partition coefficient (Wildman–Crippen LogP) is 0.785. The minimum absolute atomic E-state index is 0.344. The second-order valence-corrected chi connectivity index (χ2v) is 3.80. The molecule has 0 aromatic heterocycles. The zero-order valence-electron chi connectivity index (χ0n) is 9.21. The van der Waals surface area contributed by atoms with Gasteiger partial charge in [-0.1, -0.05) is 11.6 Å². The molecular formula is C11H7ClN2O4. The number of amides is 1. The first-order chi connectivity index (χ1) is 8.54. The molecule has 1 heterocycles. The maximum absolute atomic E-state index is 11.6. The van der Waals surface area contributed by atoms with E-state index in [1.165, 1.54) is 12.1 Å². The maximum atomic E-state index is 11.6. The van der Waals surface area contributed by atoms with E-state index in [9.17, 15) is 14.4 Å². The minimum Gasteiger partial charge on any atom is -0.464 e. The Morgan fingerprint density at radius 1 is 1.28 bits per heavy atom. The van der Waals surface area contributed by atoms with Gasteiger partial charge in [0.2, 0.25) is 5.71 Å². The van der Waals surface area contributed by atoms with Crippen molar-refractivity contribution in [3.05, 3.63) is 29.3 Å². The van der Waals surface area contributed by atoms with Gasteiger partial charge >= 0.3 is 11.9 Å². The number of hydrogen-bond donors (Lipinski definition) is 0. The molecule has 92 valence electrons. The fourth-order valence-corrected chi connectivity index (χ4v) is 1.50. The van der Waals surface area contributed by atoms with Gasteiger partial charge < -0.3 is 4.74 Å². The van der Waals surface area contributed by atoms with Crippen LogP contribution in [0.1, 0.15) is 0 Å². The predicted molar refractivity (Wildman–Crippen MR) is 63.4 cm³/mol. The minimum atomic E-state index is -0.989. The van der Waals surface area contributed by atoms with Crippen LogP contribution in [0.4, 0.5) is 5.69 Å². The van der Waals surface area contributed by atoms with Crippen LogP contribution in [0.15, 0.2) is 29.4 Å². The normalized spacial score (nSPS) is 14.8. The van der Waals surface area contributed by atoms with E-state index in [1.54, 1.807) is 12.1 Å². The maximum Gasteiger partial charge on any atom is 0.362 e. The van der Waals surface area contributed by atoms with Crippen molar-refractivity contribution < 1.29 is 19.1 Å². The van der Waals surface area contributed by atoms with E-state index < -0.39 is 23.4 Å². The van der Waals surface area contributed by atoms with Crippen LogP contribution < -0.4 is 5.01 Å². The van der Waals surface area contributed by atoms with Gasteiger partial charge in [-0.2, -0.15) is 10.1 Å². The number of nitrogens with zero attached hydrogens (tertiary/aromatic N) is 2. The van der Waals surface area contributed by atoms with E-state index >= 15 is 0 Å². The molecule has 0 fully saturated rings. The molecule has 6 nitrogen and oxygen atoms in total. The van der Waals surface area contributed by atoms with E-state index in [1.807, 2.05) is 0 Å². The van der Waals surface area contributed by atoms with E-state index in [0.717, 1.165) is 12.1 Å². The molecule has 0 saturated heterocycles. The molecule has 0 bridgehead atoms. The number of Topliss-reactive ketones (excluding diaryl/α,β-unsaturated/α-hetero) is 1. The Labute approximate surface area is 107 Å². The van der Waals surface area contributed by atoms with E-state index in [-0.39, 0.29) is 0 Å². The van der Waals surface area contributed by atoms with Gasteiger partial charge in [-0.15, -0.1) is 0 Å². The Balaban J connectivity index is 2.38. The fourth-order valence-electron chi connectivity index (χ4n) is 1.38. The molecule has 2 rings (SSSR count). The van der Waals surface area contributed by atoms with Crippen molar-refractivity contribution in [3.63, 3.8) is 0 Å². The second kappa shape index (κ2) is 4.58.